The van der Waals surface area contributed by atoms with E-state index in [2.05, 4.69) is 0 Å². The van der Waals surface area contributed by atoms with Crippen molar-refractivity contribution in [3.8, 4) is 0 Å². The molecule has 1 aliphatic heterocycles. The lowest BCUT2D eigenvalue weighted by atomic mass is 10.0. The fourth-order valence-corrected chi connectivity index (χ4v) is 1.72. The van der Waals surface area contributed by atoms with Gasteiger partial charge in [-0.2, -0.15) is 0 Å². The molecular formula is C10H19NO3. The van der Waals surface area contributed by atoms with Crippen molar-refractivity contribution in [3.63, 3.8) is 0 Å². The van der Waals surface area contributed by atoms with Gasteiger partial charge in [0, 0.05) is 6.61 Å². The Balaban J connectivity index is 2.05. The number of carbonyl (C=O) groups is 1. The van der Waals surface area contributed by atoms with Crippen molar-refractivity contribution in [3.05, 3.63) is 0 Å². The third-order valence-corrected chi connectivity index (χ3v) is 2.63. The van der Waals surface area contributed by atoms with E-state index in [1.807, 2.05) is 0 Å². The van der Waals surface area contributed by atoms with Crippen LogP contribution in [0.15, 0.2) is 0 Å². The monoisotopic (exact) mass is 201 g/mol. The molecule has 0 aromatic heterocycles. The molecule has 1 rings (SSSR count). The highest BCUT2D eigenvalue weighted by Gasteiger charge is 2.15. The summed E-state index contributed by atoms with van der Waals surface area (Å²) >= 11 is 0. The van der Waals surface area contributed by atoms with Crippen LogP contribution in [-0.2, 0) is 9.53 Å². The summed E-state index contributed by atoms with van der Waals surface area (Å²) in [7, 11) is 0. The fraction of sp³-hybridized carbons (Fsp3) is 0.900. The van der Waals surface area contributed by atoms with Crippen LogP contribution in [0, 0.1) is 0 Å². The first-order valence-corrected chi connectivity index (χ1v) is 5.30. The highest BCUT2D eigenvalue weighted by Crippen LogP contribution is 2.17. The van der Waals surface area contributed by atoms with E-state index in [1.54, 1.807) is 0 Å². The summed E-state index contributed by atoms with van der Waals surface area (Å²) in [5.41, 5.74) is 5.39. The molecule has 0 aromatic carbocycles. The van der Waals surface area contributed by atoms with Crippen molar-refractivity contribution in [2.24, 2.45) is 5.73 Å². The molecule has 2 atom stereocenters. The first-order valence-electron chi connectivity index (χ1n) is 5.30. The molecule has 0 saturated carbocycles. The Bertz CT molecular complexity index is 178. The van der Waals surface area contributed by atoms with Crippen LogP contribution < -0.4 is 5.73 Å². The van der Waals surface area contributed by atoms with Crippen molar-refractivity contribution in [2.45, 2.75) is 50.7 Å². The Labute approximate surface area is 84.4 Å². The Kier molecular flexibility index (Phi) is 4.90. The summed E-state index contributed by atoms with van der Waals surface area (Å²) in [6, 6.07) is -0.710. The zero-order chi connectivity index (χ0) is 10.4. The second-order valence-corrected chi connectivity index (χ2v) is 3.86. The van der Waals surface area contributed by atoms with Crippen LogP contribution in [0.4, 0.5) is 0 Å². The molecule has 0 aliphatic carbocycles. The molecule has 0 spiro atoms. The maximum atomic E-state index is 10.4. The average Bonchev–Trinajstić information content (AvgIpc) is 2.19. The van der Waals surface area contributed by atoms with Gasteiger partial charge in [0.1, 0.15) is 6.04 Å². The summed E-state index contributed by atoms with van der Waals surface area (Å²) in [5.74, 6) is -0.908. The van der Waals surface area contributed by atoms with Crippen LogP contribution in [0.2, 0.25) is 0 Å². The van der Waals surface area contributed by atoms with Gasteiger partial charge in [0.25, 0.3) is 0 Å². The summed E-state index contributed by atoms with van der Waals surface area (Å²) in [6.07, 6.45) is 6.18. The number of hydrogen-bond acceptors (Lipinski definition) is 3. The molecule has 3 N–H and O–H groups in total. The minimum atomic E-state index is -0.908. The van der Waals surface area contributed by atoms with Gasteiger partial charge in [-0.15, -0.1) is 0 Å². The van der Waals surface area contributed by atoms with E-state index in [1.165, 1.54) is 6.42 Å². The number of aliphatic carboxylic acids is 1. The lowest BCUT2D eigenvalue weighted by Gasteiger charge is -2.22. The van der Waals surface area contributed by atoms with Crippen LogP contribution in [0.25, 0.3) is 0 Å². The number of rotatable bonds is 5. The molecule has 0 amide bonds. The first-order chi connectivity index (χ1) is 6.70. The summed E-state index contributed by atoms with van der Waals surface area (Å²) in [6.45, 7) is 0.857. The van der Waals surface area contributed by atoms with Crippen LogP contribution in [-0.4, -0.2) is 29.8 Å². The normalized spacial score (nSPS) is 24.5. The largest absolute Gasteiger partial charge is 0.480 e. The molecule has 14 heavy (non-hydrogen) atoms. The van der Waals surface area contributed by atoms with Crippen LogP contribution in [0.1, 0.15) is 38.5 Å². The zero-order valence-corrected chi connectivity index (χ0v) is 8.45. The number of ether oxygens (including phenoxy) is 1. The van der Waals surface area contributed by atoms with Crippen molar-refractivity contribution in [2.75, 3.05) is 6.61 Å². The third kappa shape index (κ3) is 4.07. The van der Waals surface area contributed by atoms with Crippen molar-refractivity contribution in [1.82, 2.24) is 0 Å². The standard InChI is InChI=1S/C10H19NO3/c11-9(10(12)13)6-3-5-8-4-1-2-7-14-8/h8-9H,1-7,11H2,(H,12,13). The van der Waals surface area contributed by atoms with E-state index in [-0.39, 0.29) is 0 Å². The molecule has 4 nitrogen and oxygen atoms in total. The molecule has 1 aliphatic rings. The topological polar surface area (TPSA) is 72.5 Å². The first kappa shape index (κ1) is 11.5. The van der Waals surface area contributed by atoms with E-state index in [0.29, 0.717) is 12.5 Å². The second-order valence-electron chi connectivity index (χ2n) is 3.86. The van der Waals surface area contributed by atoms with Gasteiger partial charge in [-0.05, 0) is 38.5 Å². The Morgan fingerprint density at radius 1 is 1.57 bits per heavy atom. The smallest absolute Gasteiger partial charge is 0.320 e. The molecule has 0 aromatic rings. The van der Waals surface area contributed by atoms with Crippen molar-refractivity contribution < 1.29 is 14.6 Å². The lowest BCUT2D eigenvalue weighted by molar-refractivity contribution is -0.138. The average molecular weight is 201 g/mol. The van der Waals surface area contributed by atoms with E-state index >= 15 is 0 Å². The summed E-state index contributed by atoms with van der Waals surface area (Å²) in [5, 5.41) is 8.56. The highest BCUT2D eigenvalue weighted by molar-refractivity contribution is 5.72. The van der Waals surface area contributed by atoms with Gasteiger partial charge >= 0.3 is 5.97 Å². The molecule has 0 bridgehead atoms. The summed E-state index contributed by atoms with van der Waals surface area (Å²) < 4.78 is 5.53. The van der Waals surface area contributed by atoms with Crippen LogP contribution >= 0.6 is 0 Å². The van der Waals surface area contributed by atoms with Gasteiger partial charge in [0.2, 0.25) is 0 Å². The van der Waals surface area contributed by atoms with Gasteiger partial charge in [0.15, 0.2) is 0 Å². The van der Waals surface area contributed by atoms with E-state index in [0.717, 1.165) is 32.3 Å². The van der Waals surface area contributed by atoms with Crippen molar-refractivity contribution in [1.29, 1.82) is 0 Å². The Morgan fingerprint density at radius 2 is 2.36 bits per heavy atom. The molecule has 2 unspecified atom stereocenters. The van der Waals surface area contributed by atoms with Crippen molar-refractivity contribution >= 4 is 5.97 Å². The predicted octanol–water partition coefficient (Wildman–Crippen LogP) is 1.14. The molecule has 1 fully saturated rings. The fourth-order valence-electron chi connectivity index (χ4n) is 1.72. The van der Waals surface area contributed by atoms with Gasteiger partial charge < -0.3 is 15.6 Å². The SMILES string of the molecule is NC(CCCC1CCCCO1)C(=O)O. The number of hydrogen-bond donors (Lipinski definition) is 2. The van der Waals surface area contributed by atoms with Crippen LogP contribution in [0.5, 0.6) is 0 Å². The van der Waals surface area contributed by atoms with E-state index in [9.17, 15) is 4.79 Å². The minimum absolute atomic E-state index is 0.338. The predicted molar refractivity (Wildman–Crippen MR) is 53.1 cm³/mol. The van der Waals surface area contributed by atoms with Crippen LogP contribution in [0.3, 0.4) is 0 Å². The number of carboxylic acid groups (broad SMARTS) is 1. The Morgan fingerprint density at radius 3 is 2.93 bits per heavy atom. The van der Waals surface area contributed by atoms with E-state index < -0.39 is 12.0 Å². The van der Waals surface area contributed by atoms with Gasteiger partial charge in [-0.3, -0.25) is 4.79 Å². The quantitative estimate of drug-likeness (QED) is 0.699. The van der Waals surface area contributed by atoms with Gasteiger partial charge in [-0.25, -0.2) is 0 Å². The molecule has 4 heteroatoms. The Hall–Kier alpha value is -0.610. The lowest BCUT2D eigenvalue weighted by Crippen LogP contribution is -2.30. The molecule has 82 valence electrons. The highest BCUT2D eigenvalue weighted by atomic mass is 16.5. The molecule has 1 heterocycles. The van der Waals surface area contributed by atoms with Gasteiger partial charge in [0.05, 0.1) is 6.10 Å². The molecule has 1 saturated heterocycles. The second kappa shape index (κ2) is 5.98. The summed E-state index contributed by atoms with van der Waals surface area (Å²) in [4.78, 5) is 10.4. The number of carboxylic acids is 1. The molecular weight excluding hydrogens is 182 g/mol. The number of nitrogens with two attached hydrogens (primary N) is 1. The maximum Gasteiger partial charge on any atom is 0.320 e. The minimum Gasteiger partial charge on any atom is -0.480 e. The van der Waals surface area contributed by atoms with Gasteiger partial charge in [-0.1, -0.05) is 0 Å². The van der Waals surface area contributed by atoms with E-state index in [4.69, 9.17) is 15.6 Å². The maximum absolute atomic E-state index is 10.4. The zero-order valence-electron chi connectivity index (χ0n) is 8.45. The molecule has 0 radical (unpaired) electrons. The third-order valence-electron chi connectivity index (χ3n) is 2.63.